The van der Waals surface area contributed by atoms with Crippen molar-refractivity contribution in [1.29, 1.82) is 0 Å². The summed E-state index contributed by atoms with van der Waals surface area (Å²) in [6.07, 6.45) is 1.12. The van der Waals surface area contributed by atoms with Crippen LogP contribution in [0, 0.1) is 6.92 Å². The zero-order valence-corrected chi connectivity index (χ0v) is 21.2. The first kappa shape index (κ1) is 27.0. The number of esters is 1. The Hall–Kier alpha value is -0.990. The quantitative estimate of drug-likeness (QED) is 0.196. The number of thiazole rings is 1. The molecular weight excluding hydrogens is 517 g/mol. The van der Waals surface area contributed by atoms with Crippen LogP contribution in [-0.4, -0.2) is 57.3 Å². The molecule has 1 unspecified atom stereocenters. The summed E-state index contributed by atoms with van der Waals surface area (Å²) in [5.41, 5.74) is -0.0629. The van der Waals surface area contributed by atoms with Gasteiger partial charge in [0.2, 0.25) is 10.0 Å². The van der Waals surface area contributed by atoms with Crippen LogP contribution in [0.5, 0.6) is 0 Å². The zero-order valence-electron chi connectivity index (χ0n) is 17.2. The molecular formula is C16H30IN5O4S2. The van der Waals surface area contributed by atoms with Gasteiger partial charge in [-0.05, 0) is 34.6 Å². The molecule has 0 bridgehead atoms. The van der Waals surface area contributed by atoms with Crippen LogP contribution >= 0.6 is 35.3 Å². The van der Waals surface area contributed by atoms with Gasteiger partial charge in [-0.2, -0.15) is 0 Å². The lowest BCUT2D eigenvalue weighted by molar-refractivity contribution is 0.0531. The summed E-state index contributed by atoms with van der Waals surface area (Å²) in [4.78, 5) is 21.0. The molecule has 1 atom stereocenters. The van der Waals surface area contributed by atoms with Gasteiger partial charge in [-0.1, -0.05) is 0 Å². The van der Waals surface area contributed by atoms with Crippen molar-refractivity contribution in [1.82, 2.24) is 20.3 Å². The fourth-order valence-electron chi connectivity index (χ4n) is 2.29. The second-order valence-corrected chi connectivity index (χ2v) is 9.52. The van der Waals surface area contributed by atoms with E-state index in [1.54, 1.807) is 34.7 Å². The molecule has 3 N–H and O–H groups in total. The fourth-order valence-corrected chi connectivity index (χ4v) is 4.33. The lowest BCUT2D eigenvalue weighted by atomic mass is 10.1. The van der Waals surface area contributed by atoms with Crippen LogP contribution in [0.1, 0.15) is 54.1 Å². The van der Waals surface area contributed by atoms with E-state index in [0.29, 0.717) is 29.7 Å². The summed E-state index contributed by atoms with van der Waals surface area (Å²) < 4.78 is 30.5. The van der Waals surface area contributed by atoms with Crippen molar-refractivity contribution >= 4 is 57.3 Å². The van der Waals surface area contributed by atoms with Gasteiger partial charge in [-0.15, -0.1) is 35.3 Å². The lowest BCUT2D eigenvalue weighted by Crippen LogP contribution is -2.53. The summed E-state index contributed by atoms with van der Waals surface area (Å²) in [6.45, 7) is 9.62. The predicted octanol–water partition coefficient (Wildman–Crippen LogP) is 1.80. The zero-order chi connectivity index (χ0) is 20.8. The largest absolute Gasteiger partial charge is 0.462 e. The summed E-state index contributed by atoms with van der Waals surface area (Å²) in [5, 5.41) is 7.01. The van der Waals surface area contributed by atoms with E-state index in [-0.39, 0.29) is 36.0 Å². The highest BCUT2D eigenvalue weighted by Crippen LogP contribution is 2.24. The van der Waals surface area contributed by atoms with Gasteiger partial charge < -0.3 is 15.4 Å². The summed E-state index contributed by atoms with van der Waals surface area (Å²) in [6, 6.07) is -0.200. The van der Waals surface area contributed by atoms with Gasteiger partial charge in [0, 0.05) is 19.1 Å². The second kappa shape index (κ2) is 11.3. The van der Waals surface area contributed by atoms with Crippen molar-refractivity contribution < 1.29 is 17.9 Å². The molecule has 0 saturated carbocycles. The Morgan fingerprint density at radius 2 is 2.00 bits per heavy atom. The van der Waals surface area contributed by atoms with E-state index in [2.05, 4.69) is 25.3 Å². The normalized spacial score (nSPS) is 13.5. The van der Waals surface area contributed by atoms with Crippen molar-refractivity contribution in [2.75, 3.05) is 26.5 Å². The van der Waals surface area contributed by atoms with Crippen LogP contribution in [0.3, 0.4) is 0 Å². The third-order valence-electron chi connectivity index (χ3n) is 3.38. The molecule has 9 nitrogen and oxygen atoms in total. The van der Waals surface area contributed by atoms with Crippen molar-refractivity contribution in [2.45, 2.75) is 46.2 Å². The Bertz CT molecular complexity index is 793. The van der Waals surface area contributed by atoms with E-state index >= 15 is 0 Å². The number of carbonyl (C=O) groups excluding carboxylic acids is 1. The number of aliphatic imine (C=N–C) groups is 1. The number of rotatable bonds is 8. The summed E-state index contributed by atoms with van der Waals surface area (Å²) in [5.74, 6) is 0.124. The molecule has 0 aromatic carbocycles. The molecule has 1 heterocycles. The molecule has 0 spiro atoms. The standard InChI is InChI=1S/C16H29N5O4S2.HI/c1-8-25-14(22)12-10(2)19-13(26-12)11(3)20-15(17-6)18-9-16(4,5)21-27(7,23)24;/h11,21H,8-9H2,1-7H3,(H2,17,18,20);1H. The molecule has 1 aromatic rings. The van der Waals surface area contributed by atoms with Gasteiger partial charge in [0.15, 0.2) is 5.96 Å². The number of halogens is 1. The number of carbonyl (C=O) groups is 1. The number of guanidine groups is 1. The monoisotopic (exact) mass is 547 g/mol. The van der Waals surface area contributed by atoms with E-state index in [1.165, 1.54) is 11.3 Å². The van der Waals surface area contributed by atoms with Gasteiger partial charge in [0.05, 0.1) is 24.6 Å². The van der Waals surface area contributed by atoms with E-state index < -0.39 is 15.6 Å². The van der Waals surface area contributed by atoms with Gasteiger partial charge in [0.25, 0.3) is 0 Å². The number of nitrogens with one attached hydrogen (secondary N) is 3. The van der Waals surface area contributed by atoms with Gasteiger partial charge in [-0.25, -0.2) is 22.9 Å². The molecule has 1 rings (SSSR count). The molecule has 28 heavy (non-hydrogen) atoms. The topological polar surface area (TPSA) is 122 Å². The molecule has 0 radical (unpaired) electrons. The Labute approximate surface area is 188 Å². The molecule has 0 aliphatic heterocycles. The second-order valence-electron chi connectivity index (χ2n) is 6.74. The third kappa shape index (κ3) is 9.01. The van der Waals surface area contributed by atoms with Crippen molar-refractivity contribution in [3.05, 3.63) is 15.6 Å². The number of aromatic nitrogens is 1. The van der Waals surface area contributed by atoms with Gasteiger partial charge in [-0.3, -0.25) is 4.99 Å². The third-order valence-corrected chi connectivity index (χ3v) is 5.62. The van der Waals surface area contributed by atoms with Crippen molar-refractivity contribution in [3.63, 3.8) is 0 Å². The van der Waals surface area contributed by atoms with Crippen LogP contribution in [-0.2, 0) is 14.8 Å². The fraction of sp³-hybridized carbons (Fsp3) is 0.688. The van der Waals surface area contributed by atoms with Crippen LogP contribution in [0.2, 0.25) is 0 Å². The number of sulfonamides is 1. The van der Waals surface area contributed by atoms with Crippen molar-refractivity contribution in [2.24, 2.45) is 4.99 Å². The van der Waals surface area contributed by atoms with Crippen LogP contribution in [0.15, 0.2) is 4.99 Å². The van der Waals surface area contributed by atoms with Crippen LogP contribution < -0.4 is 15.4 Å². The minimum atomic E-state index is -3.32. The number of hydrogen-bond acceptors (Lipinski definition) is 7. The number of nitrogens with zero attached hydrogens (tertiary/aromatic N) is 2. The molecule has 0 amide bonds. The maximum atomic E-state index is 11.9. The first-order chi connectivity index (χ1) is 12.4. The average Bonchev–Trinajstić information content (AvgIpc) is 2.91. The average molecular weight is 547 g/mol. The highest BCUT2D eigenvalue weighted by molar-refractivity contribution is 14.0. The highest BCUT2D eigenvalue weighted by atomic mass is 127. The minimum Gasteiger partial charge on any atom is -0.462 e. The van der Waals surface area contributed by atoms with E-state index in [0.717, 1.165) is 11.3 Å². The molecule has 162 valence electrons. The lowest BCUT2D eigenvalue weighted by Gasteiger charge is -2.27. The predicted molar refractivity (Wildman–Crippen MR) is 123 cm³/mol. The maximum absolute atomic E-state index is 11.9. The molecule has 0 aliphatic carbocycles. The molecule has 0 aliphatic rings. The summed E-state index contributed by atoms with van der Waals surface area (Å²) in [7, 11) is -1.70. The first-order valence-electron chi connectivity index (χ1n) is 8.49. The van der Waals surface area contributed by atoms with Gasteiger partial charge in [0.1, 0.15) is 9.88 Å². The minimum absolute atomic E-state index is 0. The first-order valence-corrected chi connectivity index (χ1v) is 11.2. The molecule has 1 aromatic heterocycles. The molecule has 0 saturated heterocycles. The molecule has 12 heteroatoms. The Morgan fingerprint density at radius 3 is 2.50 bits per heavy atom. The maximum Gasteiger partial charge on any atom is 0.350 e. The van der Waals surface area contributed by atoms with E-state index in [1.807, 2.05) is 6.92 Å². The number of aryl methyl sites for hydroxylation is 1. The number of hydrogen-bond donors (Lipinski definition) is 3. The van der Waals surface area contributed by atoms with Crippen LogP contribution in [0.25, 0.3) is 0 Å². The van der Waals surface area contributed by atoms with E-state index in [9.17, 15) is 13.2 Å². The van der Waals surface area contributed by atoms with Gasteiger partial charge >= 0.3 is 5.97 Å². The van der Waals surface area contributed by atoms with E-state index in [4.69, 9.17) is 4.74 Å². The Balaban J connectivity index is 0.00000729. The molecule has 0 fully saturated rings. The van der Waals surface area contributed by atoms with Crippen molar-refractivity contribution in [3.8, 4) is 0 Å². The Kier molecular flexibility index (Phi) is 10.9. The highest BCUT2D eigenvalue weighted by Gasteiger charge is 2.23. The smallest absolute Gasteiger partial charge is 0.350 e. The SMILES string of the molecule is CCOC(=O)c1sc(C(C)NC(=NC)NCC(C)(C)NS(C)(=O)=O)nc1C.I. The number of ether oxygens (including phenoxy) is 1. The Morgan fingerprint density at radius 1 is 1.39 bits per heavy atom. The summed E-state index contributed by atoms with van der Waals surface area (Å²) >= 11 is 1.28. The van der Waals surface area contributed by atoms with Crippen LogP contribution in [0.4, 0.5) is 0 Å².